The third kappa shape index (κ3) is 3.81. The van der Waals surface area contributed by atoms with Crippen LogP contribution in [-0.2, 0) is 15.9 Å². The molecule has 0 aliphatic carbocycles. The van der Waals surface area contributed by atoms with Gasteiger partial charge in [-0.3, -0.25) is 0 Å². The van der Waals surface area contributed by atoms with Crippen molar-refractivity contribution in [2.45, 2.75) is 45.8 Å². The molecule has 0 radical (unpaired) electrons. The summed E-state index contributed by atoms with van der Waals surface area (Å²) in [7, 11) is 1.73. The molecule has 0 saturated carbocycles. The van der Waals surface area contributed by atoms with Crippen molar-refractivity contribution in [2.75, 3.05) is 33.4 Å². The summed E-state index contributed by atoms with van der Waals surface area (Å²) in [6.07, 6.45) is 3.83. The molecule has 1 N–H and O–H groups in total. The van der Waals surface area contributed by atoms with Crippen molar-refractivity contribution in [3.05, 3.63) is 12.2 Å². The second-order valence-corrected chi connectivity index (χ2v) is 6.19. The standard InChI is InChI=1S/C15H28N4O2/c1-12(2)19-14(17-11-18-19)9-15(5-7-21-13(15)3)10-16-6-8-20-4/h11-13,16H,5-10H2,1-4H3. The van der Waals surface area contributed by atoms with Gasteiger partial charge in [0.15, 0.2) is 0 Å². The molecule has 1 saturated heterocycles. The van der Waals surface area contributed by atoms with E-state index >= 15 is 0 Å². The highest BCUT2D eigenvalue weighted by atomic mass is 16.5. The van der Waals surface area contributed by atoms with Gasteiger partial charge in [-0.2, -0.15) is 5.10 Å². The van der Waals surface area contributed by atoms with Crippen molar-refractivity contribution in [3.63, 3.8) is 0 Å². The van der Waals surface area contributed by atoms with E-state index in [-0.39, 0.29) is 11.5 Å². The van der Waals surface area contributed by atoms with Crippen LogP contribution in [0.2, 0.25) is 0 Å². The summed E-state index contributed by atoms with van der Waals surface area (Å²) < 4.78 is 13.0. The molecular formula is C15H28N4O2. The van der Waals surface area contributed by atoms with E-state index in [1.165, 1.54) is 0 Å². The van der Waals surface area contributed by atoms with Crippen molar-refractivity contribution < 1.29 is 9.47 Å². The molecule has 1 fully saturated rings. The Labute approximate surface area is 127 Å². The lowest BCUT2D eigenvalue weighted by molar-refractivity contribution is 0.0602. The van der Waals surface area contributed by atoms with Crippen LogP contribution in [0.25, 0.3) is 0 Å². The zero-order valence-electron chi connectivity index (χ0n) is 13.6. The second kappa shape index (κ2) is 7.33. The van der Waals surface area contributed by atoms with Gasteiger partial charge < -0.3 is 14.8 Å². The zero-order chi connectivity index (χ0) is 15.3. The summed E-state index contributed by atoms with van der Waals surface area (Å²) in [5.41, 5.74) is 0.0907. The molecule has 6 heteroatoms. The third-order valence-corrected chi connectivity index (χ3v) is 4.44. The Balaban J connectivity index is 2.07. The van der Waals surface area contributed by atoms with E-state index in [1.807, 2.05) is 4.68 Å². The summed E-state index contributed by atoms with van der Waals surface area (Å²) in [6.45, 7) is 9.77. The maximum Gasteiger partial charge on any atom is 0.138 e. The average Bonchev–Trinajstić information content (AvgIpc) is 3.04. The Morgan fingerprint density at radius 3 is 3.00 bits per heavy atom. The van der Waals surface area contributed by atoms with Gasteiger partial charge in [0, 0.05) is 44.7 Å². The van der Waals surface area contributed by atoms with E-state index in [0.717, 1.165) is 45.0 Å². The van der Waals surface area contributed by atoms with Crippen LogP contribution < -0.4 is 5.32 Å². The van der Waals surface area contributed by atoms with Gasteiger partial charge in [0.05, 0.1) is 12.7 Å². The van der Waals surface area contributed by atoms with Gasteiger partial charge in [-0.1, -0.05) is 0 Å². The number of hydrogen-bond donors (Lipinski definition) is 1. The van der Waals surface area contributed by atoms with Gasteiger partial charge in [0.2, 0.25) is 0 Å². The minimum Gasteiger partial charge on any atom is -0.383 e. The van der Waals surface area contributed by atoms with Gasteiger partial charge in [0.25, 0.3) is 0 Å². The van der Waals surface area contributed by atoms with Crippen molar-refractivity contribution in [1.82, 2.24) is 20.1 Å². The average molecular weight is 296 g/mol. The molecular weight excluding hydrogens is 268 g/mol. The summed E-state index contributed by atoms with van der Waals surface area (Å²) in [5, 5.41) is 7.85. The lowest BCUT2D eigenvalue weighted by atomic mass is 9.78. The molecule has 1 aliphatic heterocycles. The Morgan fingerprint density at radius 2 is 2.38 bits per heavy atom. The molecule has 1 aliphatic rings. The predicted molar refractivity (Wildman–Crippen MR) is 81.3 cm³/mol. The number of ether oxygens (including phenoxy) is 2. The normalized spacial score (nSPS) is 25.9. The Hall–Kier alpha value is -0.980. The van der Waals surface area contributed by atoms with E-state index < -0.39 is 0 Å². The van der Waals surface area contributed by atoms with Gasteiger partial charge in [-0.25, -0.2) is 9.67 Å². The molecule has 120 valence electrons. The summed E-state index contributed by atoms with van der Waals surface area (Å²) >= 11 is 0. The largest absolute Gasteiger partial charge is 0.383 e. The number of aromatic nitrogens is 3. The first-order valence-electron chi connectivity index (χ1n) is 7.79. The first-order valence-corrected chi connectivity index (χ1v) is 7.79. The first kappa shape index (κ1) is 16.4. The molecule has 2 atom stereocenters. The monoisotopic (exact) mass is 296 g/mol. The van der Waals surface area contributed by atoms with Crippen LogP contribution in [0, 0.1) is 5.41 Å². The van der Waals surface area contributed by atoms with Gasteiger partial charge in [-0.05, 0) is 27.2 Å². The first-order chi connectivity index (χ1) is 10.1. The second-order valence-electron chi connectivity index (χ2n) is 6.19. The maximum atomic E-state index is 5.85. The number of rotatable bonds is 8. The Morgan fingerprint density at radius 1 is 1.57 bits per heavy atom. The molecule has 21 heavy (non-hydrogen) atoms. The van der Waals surface area contributed by atoms with Gasteiger partial charge >= 0.3 is 0 Å². The molecule has 1 aromatic rings. The predicted octanol–water partition coefficient (Wildman–Crippen LogP) is 1.43. The molecule has 6 nitrogen and oxygen atoms in total. The summed E-state index contributed by atoms with van der Waals surface area (Å²) in [6, 6.07) is 0.332. The van der Waals surface area contributed by atoms with Crippen LogP contribution in [0.4, 0.5) is 0 Å². The Kier molecular flexibility index (Phi) is 5.72. The van der Waals surface area contributed by atoms with E-state index in [1.54, 1.807) is 13.4 Å². The van der Waals surface area contributed by atoms with E-state index in [2.05, 4.69) is 36.2 Å². The minimum atomic E-state index is 0.0907. The van der Waals surface area contributed by atoms with Crippen LogP contribution in [0.15, 0.2) is 6.33 Å². The Bertz CT molecular complexity index is 435. The molecule has 0 spiro atoms. The van der Waals surface area contributed by atoms with Gasteiger partial charge in [-0.15, -0.1) is 0 Å². The van der Waals surface area contributed by atoms with Crippen molar-refractivity contribution in [2.24, 2.45) is 5.41 Å². The molecule has 2 unspecified atom stereocenters. The molecule has 2 rings (SSSR count). The lowest BCUT2D eigenvalue weighted by Crippen LogP contribution is -2.42. The quantitative estimate of drug-likeness (QED) is 0.735. The molecule has 2 heterocycles. The summed E-state index contributed by atoms with van der Waals surface area (Å²) in [4.78, 5) is 4.47. The highest BCUT2D eigenvalue weighted by molar-refractivity contribution is 5.01. The number of hydrogen-bond acceptors (Lipinski definition) is 5. The van der Waals surface area contributed by atoms with Crippen LogP contribution in [0.1, 0.15) is 39.1 Å². The zero-order valence-corrected chi connectivity index (χ0v) is 13.6. The number of methoxy groups -OCH3 is 1. The SMILES string of the molecule is COCCNCC1(Cc2ncnn2C(C)C)CCOC1C. The summed E-state index contributed by atoms with van der Waals surface area (Å²) in [5.74, 6) is 1.05. The highest BCUT2D eigenvalue weighted by Crippen LogP contribution is 2.37. The van der Waals surface area contributed by atoms with Crippen molar-refractivity contribution in [3.8, 4) is 0 Å². The fourth-order valence-corrected chi connectivity index (χ4v) is 3.00. The van der Waals surface area contributed by atoms with Crippen molar-refractivity contribution in [1.29, 1.82) is 0 Å². The smallest absolute Gasteiger partial charge is 0.138 e. The molecule has 0 bridgehead atoms. The van der Waals surface area contributed by atoms with E-state index in [9.17, 15) is 0 Å². The van der Waals surface area contributed by atoms with Crippen LogP contribution in [0.5, 0.6) is 0 Å². The topological polar surface area (TPSA) is 61.2 Å². The van der Waals surface area contributed by atoms with Crippen molar-refractivity contribution >= 4 is 0 Å². The highest BCUT2D eigenvalue weighted by Gasteiger charge is 2.42. The lowest BCUT2D eigenvalue weighted by Gasteiger charge is -2.32. The van der Waals surface area contributed by atoms with E-state index in [4.69, 9.17) is 9.47 Å². The van der Waals surface area contributed by atoms with Crippen LogP contribution >= 0.6 is 0 Å². The number of nitrogens with one attached hydrogen (secondary N) is 1. The molecule has 0 aromatic carbocycles. The van der Waals surface area contributed by atoms with E-state index in [0.29, 0.717) is 6.04 Å². The third-order valence-electron chi connectivity index (χ3n) is 4.44. The molecule has 0 amide bonds. The minimum absolute atomic E-state index is 0.0907. The van der Waals surface area contributed by atoms with Crippen LogP contribution in [-0.4, -0.2) is 54.3 Å². The molecule has 1 aromatic heterocycles. The van der Waals surface area contributed by atoms with Crippen LogP contribution in [0.3, 0.4) is 0 Å². The maximum absolute atomic E-state index is 5.85. The fourth-order valence-electron chi connectivity index (χ4n) is 3.00. The van der Waals surface area contributed by atoms with Gasteiger partial charge in [0.1, 0.15) is 12.2 Å². The fraction of sp³-hybridized carbons (Fsp3) is 0.867. The number of nitrogens with zero attached hydrogens (tertiary/aromatic N) is 3.